The number of carbonyl (C=O) groups excluding carboxylic acids is 1. The first-order valence-corrected chi connectivity index (χ1v) is 10.1. The van der Waals surface area contributed by atoms with Crippen LogP contribution in [0.3, 0.4) is 0 Å². The van der Waals surface area contributed by atoms with E-state index in [1.807, 2.05) is 6.07 Å². The Morgan fingerprint density at radius 3 is 2.59 bits per heavy atom. The van der Waals surface area contributed by atoms with Crippen molar-refractivity contribution in [1.29, 1.82) is 0 Å². The third-order valence-corrected chi connectivity index (χ3v) is 6.16. The van der Waals surface area contributed by atoms with Crippen LogP contribution >= 0.6 is 11.6 Å². The number of fused-ring (bicyclic) bond motifs is 2. The summed E-state index contributed by atoms with van der Waals surface area (Å²) >= 11 is 5.86. The molecule has 0 spiro atoms. The van der Waals surface area contributed by atoms with E-state index in [1.165, 1.54) is 12.1 Å². The third kappa shape index (κ3) is 3.72. The number of amides is 2. The summed E-state index contributed by atoms with van der Waals surface area (Å²) in [5, 5.41) is 10.9. The number of nitrogens with zero attached hydrogens (tertiary/aromatic N) is 1. The maximum Gasteiger partial charge on any atom is 0.319 e. The Bertz CT molecular complexity index is 1060. The van der Waals surface area contributed by atoms with E-state index < -0.39 is 0 Å². The van der Waals surface area contributed by atoms with Crippen LogP contribution in [-0.2, 0) is 0 Å². The average molecular weight is 411 g/mol. The van der Waals surface area contributed by atoms with Gasteiger partial charge in [-0.2, -0.15) is 0 Å². The zero-order valence-electron chi connectivity index (χ0n) is 15.5. The summed E-state index contributed by atoms with van der Waals surface area (Å²) < 4.78 is 13.6. The molecule has 5 nitrogen and oxygen atoms in total. The summed E-state index contributed by atoms with van der Waals surface area (Å²) in [6, 6.07) is 13.9. The second-order valence-corrected chi connectivity index (χ2v) is 8.23. The Balaban J connectivity index is 1.16. The standard InChI is InChI=1S/C22H20ClFN4O/c23-12-1-4-14(5-2-12)27-22(29)28-21-16-10-15(11-17(16)21)26-20-7-8-25-19-6-3-13(24)9-18(19)20/h1-9,15-17,21H,10-11H2,(H,25,26)(H2,27,28,29)/t15?,16-,17+,21?. The fraction of sp³-hybridized carbons (Fsp3) is 0.273. The number of aromatic nitrogens is 1. The molecular weight excluding hydrogens is 391 g/mol. The molecule has 4 atom stereocenters. The minimum atomic E-state index is -0.265. The number of benzene rings is 2. The van der Waals surface area contributed by atoms with Gasteiger partial charge in [0.25, 0.3) is 0 Å². The van der Waals surface area contributed by atoms with Crippen LogP contribution in [0, 0.1) is 17.7 Å². The van der Waals surface area contributed by atoms with Gasteiger partial charge in [0.2, 0.25) is 0 Å². The van der Waals surface area contributed by atoms with Crippen LogP contribution in [0.2, 0.25) is 5.02 Å². The highest BCUT2D eigenvalue weighted by molar-refractivity contribution is 6.30. The van der Waals surface area contributed by atoms with Gasteiger partial charge in [0.15, 0.2) is 0 Å². The second kappa shape index (κ2) is 7.19. The number of anilines is 2. The van der Waals surface area contributed by atoms with Gasteiger partial charge in [-0.1, -0.05) is 11.6 Å². The quantitative estimate of drug-likeness (QED) is 0.564. The molecule has 3 aromatic rings. The molecule has 148 valence electrons. The SMILES string of the molecule is O=C(Nc1ccc(Cl)cc1)NC1[C@H]2CC(Nc3ccnc4ccc(F)cc34)C[C@@H]12. The van der Waals surface area contributed by atoms with Gasteiger partial charge < -0.3 is 16.0 Å². The molecule has 1 heterocycles. The maximum atomic E-state index is 13.6. The molecule has 7 heteroatoms. The van der Waals surface area contributed by atoms with E-state index in [1.54, 1.807) is 36.5 Å². The Hall–Kier alpha value is -2.86. The molecule has 0 saturated heterocycles. The number of hydrogen-bond donors (Lipinski definition) is 3. The fourth-order valence-electron chi connectivity index (χ4n) is 4.49. The van der Waals surface area contributed by atoms with Crippen LogP contribution < -0.4 is 16.0 Å². The minimum absolute atomic E-state index is 0.188. The lowest BCUT2D eigenvalue weighted by Crippen LogP contribution is -2.34. The number of nitrogens with one attached hydrogen (secondary N) is 3. The topological polar surface area (TPSA) is 66.1 Å². The van der Waals surface area contributed by atoms with Crippen LogP contribution in [0.5, 0.6) is 0 Å². The highest BCUT2D eigenvalue weighted by atomic mass is 35.5. The zero-order chi connectivity index (χ0) is 20.0. The molecule has 0 bridgehead atoms. The lowest BCUT2D eigenvalue weighted by Gasteiger charge is -2.19. The van der Waals surface area contributed by atoms with Gasteiger partial charge in [-0.15, -0.1) is 0 Å². The van der Waals surface area contributed by atoms with Crippen molar-refractivity contribution in [3.05, 3.63) is 65.6 Å². The van der Waals surface area contributed by atoms with Crippen molar-refractivity contribution in [2.75, 3.05) is 10.6 Å². The van der Waals surface area contributed by atoms with Crippen LogP contribution in [0.1, 0.15) is 12.8 Å². The van der Waals surface area contributed by atoms with E-state index >= 15 is 0 Å². The molecule has 2 aliphatic carbocycles. The van der Waals surface area contributed by atoms with E-state index in [-0.39, 0.29) is 17.9 Å². The molecule has 0 radical (unpaired) electrons. The normalized spacial score (nSPS) is 24.8. The Morgan fingerprint density at radius 1 is 1.07 bits per heavy atom. The molecule has 5 rings (SSSR count). The summed E-state index contributed by atoms with van der Waals surface area (Å²) in [6.07, 6.45) is 3.70. The summed E-state index contributed by atoms with van der Waals surface area (Å²) in [7, 11) is 0. The molecule has 29 heavy (non-hydrogen) atoms. The lowest BCUT2D eigenvalue weighted by atomic mass is 10.1. The van der Waals surface area contributed by atoms with Crippen molar-refractivity contribution in [1.82, 2.24) is 10.3 Å². The molecule has 2 amide bonds. The first kappa shape index (κ1) is 18.2. The number of rotatable bonds is 4. The molecule has 3 N–H and O–H groups in total. The van der Waals surface area contributed by atoms with E-state index in [2.05, 4.69) is 20.9 Å². The van der Waals surface area contributed by atoms with Gasteiger partial charge in [0.05, 0.1) is 5.52 Å². The Morgan fingerprint density at radius 2 is 1.83 bits per heavy atom. The van der Waals surface area contributed by atoms with Gasteiger partial charge in [-0.05, 0) is 73.2 Å². The van der Waals surface area contributed by atoms with Crippen molar-refractivity contribution >= 4 is 39.9 Å². The van der Waals surface area contributed by atoms with Crippen molar-refractivity contribution in [3.8, 4) is 0 Å². The number of halogens is 2. The third-order valence-electron chi connectivity index (χ3n) is 5.91. The van der Waals surface area contributed by atoms with Gasteiger partial charge in [0, 0.05) is 40.1 Å². The van der Waals surface area contributed by atoms with Gasteiger partial charge >= 0.3 is 6.03 Å². The number of carbonyl (C=O) groups is 1. The van der Waals surface area contributed by atoms with Gasteiger partial charge in [-0.25, -0.2) is 9.18 Å². The van der Waals surface area contributed by atoms with Crippen molar-refractivity contribution in [2.24, 2.45) is 11.8 Å². The van der Waals surface area contributed by atoms with Gasteiger partial charge in [-0.3, -0.25) is 4.98 Å². The monoisotopic (exact) mass is 410 g/mol. The number of urea groups is 1. The smallest absolute Gasteiger partial charge is 0.319 e. The molecule has 2 fully saturated rings. The van der Waals surface area contributed by atoms with Crippen molar-refractivity contribution < 1.29 is 9.18 Å². The molecule has 2 aliphatic rings. The van der Waals surface area contributed by atoms with E-state index in [0.29, 0.717) is 28.6 Å². The Labute approximate surface area is 172 Å². The number of pyridine rings is 1. The summed E-state index contributed by atoms with van der Waals surface area (Å²) in [6.45, 7) is 0. The first-order chi connectivity index (χ1) is 14.1. The molecule has 2 aromatic carbocycles. The molecule has 2 unspecified atom stereocenters. The largest absolute Gasteiger partial charge is 0.382 e. The lowest BCUT2D eigenvalue weighted by molar-refractivity contribution is 0.250. The highest BCUT2D eigenvalue weighted by Crippen LogP contribution is 2.52. The van der Waals surface area contributed by atoms with Crippen molar-refractivity contribution in [2.45, 2.75) is 24.9 Å². The summed E-state index contributed by atoms with van der Waals surface area (Å²) in [4.78, 5) is 16.5. The predicted molar refractivity (Wildman–Crippen MR) is 113 cm³/mol. The predicted octanol–water partition coefficient (Wildman–Crippen LogP) is 5.04. The van der Waals surface area contributed by atoms with E-state index in [4.69, 9.17) is 11.6 Å². The molecule has 2 saturated carbocycles. The van der Waals surface area contributed by atoms with Gasteiger partial charge in [0.1, 0.15) is 5.82 Å². The summed E-state index contributed by atoms with van der Waals surface area (Å²) in [5.74, 6) is 0.695. The van der Waals surface area contributed by atoms with Crippen LogP contribution in [0.25, 0.3) is 10.9 Å². The van der Waals surface area contributed by atoms with E-state index in [9.17, 15) is 9.18 Å². The zero-order valence-corrected chi connectivity index (χ0v) is 16.3. The van der Waals surface area contributed by atoms with Crippen LogP contribution in [0.15, 0.2) is 54.7 Å². The van der Waals surface area contributed by atoms with Crippen LogP contribution in [0.4, 0.5) is 20.6 Å². The van der Waals surface area contributed by atoms with Crippen molar-refractivity contribution in [3.63, 3.8) is 0 Å². The average Bonchev–Trinajstić information content (AvgIpc) is 3.14. The second-order valence-electron chi connectivity index (χ2n) is 7.79. The van der Waals surface area contributed by atoms with E-state index in [0.717, 1.165) is 29.4 Å². The highest BCUT2D eigenvalue weighted by Gasteiger charge is 2.56. The Kier molecular flexibility index (Phi) is 4.51. The molecule has 1 aromatic heterocycles. The first-order valence-electron chi connectivity index (χ1n) is 9.71. The maximum absolute atomic E-state index is 13.6. The fourth-order valence-corrected chi connectivity index (χ4v) is 4.62. The number of hydrogen-bond acceptors (Lipinski definition) is 3. The minimum Gasteiger partial charge on any atom is -0.382 e. The molecular formula is C22H20ClFN4O. The summed E-state index contributed by atoms with van der Waals surface area (Å²) in [5.41, 5.74) is 2.40. The van der Waals surface area contributed by atoms with Crippen LogP contribution in [-0.4, -0.2) is 23.1 Å². The molecule has 0 aliphatic heterocycles.